The number of rotatable bonds is 5. The first-order valence-electron chi connectivity index (χ1n) is 10.2. The van der Waals surface area contributed by atoms with Crippen molar-refractivity contribution in [1.82, 2.24) is 9.21 Å². The molecule has 2 aromatic carbocycles. The van der Waals surface area contributed by atoms with Crippen LogP contribution in [0.15, 0.2) is 47.4 Å². The molecule has 5 nitrogen and oxygen atoms in total. The minimum Gasteiger partial charge on any atom is -0.337 e. The van der Waals surface area contributed by atoms with E-state index in [0.717, 1.165) is 36.8 Å². The molecule has 2 aromatic rings. The Morgan fingerprint density at radius 2 is 1.59 bits per heavy atom. The zero-order chi connectivity index (χ0) is 21.0. The van der Waals surface area contributed by atoms with E-state index in [9.17, 15) is 13.2 Å². The van der Waals surface area contributed by atoms with E-state index < -0.39 is 10.0 Å². The number of sulfonamides is 1. The normalized spacial score (nSPS) is 15.7. The Labute approximate surface area is 174 Å². The first-order chi connectivity index (χ1) is 13.8. The molecule has 1 aliphatic rings. The van der Waals surface area contributed by atoms with Crippen LogP contribution in [0.5, 0.6) is 0 Å². The SMILES string of the molecule is Cc1ccc(CN(C)C(=O)c2ccc(S(=O)(=O)N3CCCCCC3)cc2)c(C)c1. The predicted octanol–water partition coefficient (Wildman–Crippen LogP) is 4.14. The molecule has 1 amide bonds. The molecule has 156 valence electrons. The van der Waals surface area contributed by atoms with E-state index in [1.807, 2.05) is 26.0 Å². The van der Waals surface area contributed by atoms with Crippen LogP contribution in [0, 0.1) is 13.8 Å². The number of amides is 1. The third-order valence-corrected chi connectivity index (χ3v) is 7.47. The summed E-state index contributed by atoms with van der Waals surface area (Å²) in [6, 6.07) is 12.5. The standard InChI is InChI=1S/C23H30N2O3S/c1-18-8-9-21(19(2)16-18)17-24(3)23(26)20-10-12-22(13-11-20)29(27,28)25-14-6-4-5-7-15-25/h8-13,16H,4-7,14-15,17H2,1-3H3. The van der Waals surface area contributed by atoms with Crippen LogP contribution in [0.3, 0.4) is 0 Å². The topological polar surface area (TPSA) is 57.7 Å². The molecule has 0 spiro atoms. The van der Waals surface area contributed by atoms with E-state index in [1.54, 1.807) is 40.5 Å². The van der Waals surface area contributed by atoms with E-state index in [1.165, 1.54) is 5.56 Å². The number of hydrogen-bond donors (Lipinski definition) is 0. The van der Waals surface area contributed by atoms with Gasteiger partial charge in [0.2, 0.25) is 10.0 Å². The molecule has 0 saturated carbocycles. The van der Waals surface area contributed by atoms with E-state index in [-0.39, 0.29) is 10.8 Å². The largest absolute Gasteiger partial charge is 0.337 e. The summed E-state index contributed by atoms with van der Waals surface area (Å²) in [5, 5.41) is 0. The van der Waals surface area contributed by atoms with Crippen LogP contribution in [-0.4, -0.2) is 43.7 Å². The lowest BCUT2D eigenvalue weighted by atomic mass is 10.1. The smallest absolute Gasteiger partial charge is 0.253 e. The number of nitrogens with zero attached hydrogens (tertiary/aromatic N) is 2. The van der Waals surface area contributed by atoms with Crippen molar-refractivity contribution in [3.63, 3.8) is 0 Å². The summed E-state index contributed by atoms with van der Waals surface area (Å²) < 4.78 is 27.4. The number of aryl methyl sites for hydroxylation is 2. The first-order valence-corrected chi connectivity index (χ1v) is 11.6. The number of carbonyl (C=O) groups excluding carboxylic acids is 1. The van der Waals surface area contributed by atoms with E-state index in [0.29, 0.717) is 25.2 Å². The molecule has 0 aliphatic carbocycles. The number of carbonyl (C=O) groups is 1. The third kappa shape index (κ3) is 5.06. The van der Waals surface area contributed by atoms with Gasteiger partial charge in [0.15, 0.2) is 0 Å². The summed E-state index contributed by atoms with van der Waals surface area (Å²) in [6.07, 6.45) is 3.95. The maximum absolute atomic E-state index is 12.9. The Morgan fingerprint density at radius 3 is 2.17 bits per heavy atom. The van der Waals surface area contributed by atoms with Crippen molar-refractivity contribution in [2.24, 2.45) is 0 Å². The van der Waals surface area contributed by atoms with Gasteiger partial charge in [-0.1, -0.05) is 36.6 Å². The Hall–Kier alpha value is -2.18. The average Bonchev–Trinajstić information content (AvgIpc) is 3.00. The van der Waals surface area contributed by atoms with Crippen LogP contribution in [0.25, 0.3) is 0 Å². The van der Waals surface area contributed by atoms with Crippen molar-refractivity contribution in [3.8, 4) is 0 Å². The van der Waals surface area contributed by atoms with E-state index >= 15 is 0 Å². The lowest BCUT2D eigenvalue weighted by molar-refractivity contribution is 0.0785. The summed E-state index contributed by atoms with van der Waals surface area (Å²) in [5.74, 6) is -0.122. The zero-order valence-corrected chi connectivity index (χ0v) is 18.3. The highest BCUT2D eigenvalue weighted by Gasteiger charge is 2.25. The third-order valence-electron chi connectivity index (χ3n) is 5.56. The Kier molecular flexibility index (Phi) is 6.75. The Bertz CT molecular complexity index is 960. The molecule has 0 radical (unpaired) electrons. The quantitative estimate of drug-likeness (QED) is 0.739. The Balaban J connectivity index is 1.72. The van der Waals surface area contributed by atoms with Gasteiger partial charge in [-0.3, -0.25) is 4.79 Å². The second-order valence-corrected chi connectivity index (χ2v) is 9.87. The van der Waals surface area contributed by atoms with Gasteiger partial charge in [0.1, 0.15) is 0 Å². The molecule has 6 heteroatoms. The fourth-order valence-corrected chi connectivity index (χ4v) is 5.29. The summed E-state index contributed by atoms with van der Waals surface area (Å²) in [4.78, 5) is 14.7. The average molecular weight is 415 g/mol. The minimum absolute atomic E-state index is 0.122. The van der Waals surface area contributed by atoms with Gasteiger partial charge in [-0.05, 0) is 62.1 Å². The minimum atomic E-state index is -3.50. The van der Waals surface area contributed by atoms with Gasteiger partial charge >= 0.3 is 0 Å². The maximum Gasteiger partial charge on any atom is 0.253 e. The molecule has 1 saturated heterocycles. The van der Waals surface area contributed by atoms with Crippen LogP contribution >= 0.6 is 0 Å². The van der Waals surface area contributed by atoms with Gasteiger partial charge < -0.3 is 4.90 Å². The molecule has 29 heavy (non-hydrogen) atoms. The summed E-state index contributed by atoms with van der Waals surface area (Å²) in [7, 11) is -1.73. The van der Waals surface area contributed by atoms with Gasteiger partial charge in [0, 0.05) is 32.2 Å². The number of hydrogen-bond acceptors (Lipinski definition) is 3. The molecule has 1 aliphatic heterocycles. The van der Waals surface area contributed by atoms with Gasteiger partial charge in [0.05, 0.1) is 4.90 Å². The monoisotopic (exact) mass is 414 g/mol. The molecule has 3 rings (SSSR count). The predicted molar refractivity (Wildman–Crippen MR) is 115 cm³/mol. The molecule has 1 heterocycles. The second-order valence-electron chi connectivity index (χ2n) is 7.93. The fourth-order valence-electron chi connectivity index (χ4n) is 3.77. The molecule has 0 bridgehead atoms. The molecule has 1 fully saturated rings. The van der Waals surface area contributed by atoms with E-state index in [2.05, 4.69) is 6.07 Å². The molecule has 0 unspecified atom stereocenters. The maximum atomic E-state index is 12.9. The molecular weight excluding hydrogens is 384 g/mol. The summed E-state index contributed by atoms with van der Waals surface area (Å²) >= 11 is 0. The first kappa shape index (κ1) is 21.5. The van der Waals surface area contributed by atoms with Crippen LogP contribution in [-0.2, 0) is 16.6 Å². The van der Waals surface area contributed by atoms with Crippen LogP contribution < -0.4 is 0 Å². The lowest BCUT2D eigenvalue weighted by Gasteiger charge is -2.21. The van der Waals surface area contributed by atoms with Crippen molar-refractivity contribution in [3.05, 3.63) is 64.7 Å². The highest BCUT2D eigenvalue weighted by atomic mass is 32.2. The van der Waals surface area contributed by atoms with Crippen LogP contribution in [0.4, 0.5) is 0 Å². The van der Waals surface area contributed by atoms with Crippen molar-refractivity contribution >= 4 is 15.9 Å². The van der Waals surface area contributed by atoms with Crippen molar-refractivity contribution in [1.29, 1.82) is 0 Å². The zero-order valence-electron chi connectivity index (χ0n) is 17.5. The van der Waals surface area contributed by atoms with Crippen molar-refractivity contribution < 1.29 is 13.2 Å². The Morgan fingerprint density at radius 1 is 0.966 bits per heavy atom. The van der Waals surface area contributed by atoms with Gasteiger partial charge in [-0.25, -0.2) is 8.42 Å². The summed E-state index contributed by atoms with van der Waals surface area (Å²) in [5.41, 5.74) is 3.95. The van der Waals surface area contributed by atoms with Crippen molar-refractivity contribution in [2.45, 2.75) is 51.0 Å². The fraction of sp³-hybridized carbons (Fsp3) is 0.435. The molecular formula is C23H30N2O3S. The van der Waals surface area contributed by atoms with Gasteiger partial charge in [-0.2, -0.15) is 4.31 Å². The lowest BCUT2D eigenvalue weighted by Crippen LogP contribution is -2.32. The van der Waals surface area contributed by atoms with Gasteiger partial charge in [-0.15, -0.1) is 0 Å². The van der Waals surface area contributed by atoms with E-state index in [4.69, 9.17) is 0 Å². The van der Waals surface area contributed by atoms with Crippen molar-refractivity contribution in [2.75, 3.05) is 20.1 Å². The highest BCUT2D eigenvalue weighted by Crippen LogP contribution is 2.21. The van der Waals surface area contributed by atoms with Crippen LogP contribution in [0.2, 0.25) is 0 Å². The molecule has 0 N–H and O–H groups in total. The molecule has 0 aromatic heterocycles. The number of benzene rings is 2. The van der Waals surface area contributed by atoms with Gasteiger partial charge in [0.25, 0.3) is 5.91 Å². The highest BCUT2D eigenvalue weighted by molar-refractivity contribution is 7.89. The summed E-state index contributed by atoms with van der Waals surface area (Å²) in [6.45, 7) is 5.75. The van der Waals surface area contributed by atoms with Crippen LogP contribution in [0.1, 0.15) is 52.7 Å². The molecule has 0 atom stereocenters. The second kappa shape index (κ2) is 9.09.